The van der Waals surface area contributed by atoms with E-state index >= 15 is 4.39 Å². The summed E-state index contributed by atoms with van der Waals surface area (Å²) in [6.45, 7) is 20.1. The van der Waals surface area contributed by atoms with E-state index < -0.39 is 17.5 Å². The zero-order valence-electron chi connectivity index (χ0n) is 34.4. The largest absolute Gasteiger partial charge is 0.444 e. The van der Waals surface area contributed by atoms with E-state index in [1.54, 1.807) is 4.90 Å². The van der Waals surface area contributed by atoms with Crippen LogP contribution in [0.2, 0.25) is 0 Å². The number of fused-ring (bicyclic) bond motifs is 1. The molecular formula is C44H59FN8O4. The topological polar surface area (TPSA) is 130 Å². The number of hydrogen-bond acceptors (Lipinski definition) is 8. The van der Waals surface area contributed by atoms with Crippen molar-refractivity contribution in [2.75, 3.05) is 64.2 Å². The number of nitrogens with one attached hydrogen (secondary N) is 2. The van der Waals surface area contributed by atoms with Gasteiger partial charge in [-0.25, -0.2) is 23.9 Å². The highest BCUT2D eigenvalue weighted by Crippen LogP contribution is 2.35. The number of aliphatic hydroxyl groups is 1. The number of anilines is 1. The number of carbonyl (C=O) groups excluding carboxylic acids is 2. The van der Waals surface area contributed by atoms with Crippen LogP contribution in [-0.2, 0) is 11.3 Å². The van der Waals surface area contributed by atoms with Crippen molar-refractivity contribution in [2.45, 2.75) is 79.1 Å². The van der Waals surface area contributed by atoms with Crippen molar-refractivity contribution in [1.82, 2.24) is 34.6 Å². The van der Waals surface area contributed by atoms with E-state index in [4.69, 9.17) is 4.74 Å². The summed E-state index contributed by atoms with van der Waals surface area (Å²) in [6, 6.07) is 13.0. The second-order valence-electron chi connectivity index (χ2n) is 17.8. The van der Waals surface area contributed by atoms with E-state index in [2.05, 4.69) is 68.2 Å². The number of β-amino-alcohol motifs (C(OH)–C–C–N with tert-alkyl or cyclic N) is 1. The van der Waals surface area contributed by atoms with Crippen LogP contribution >= 0.6 is 0 Å². The highest BCUT2D eigenvalue weighted by molar-refractivity contribution is 5.97. The Morgan fingerprint density at radius 1 is 0.965 bits per heavy atom. The summed E-state index contributed by atoms with van der Waals surface area (Å²) in [6.07, 6.45) is 3.58. The van der Waals surface area contributed by atoms with Gasteiger partial charge in [-0.15, -0.1) is 0 Å². The van der Waals surface area contributed by atoms with Crippen molar-refractivity contribution >= 4 is 28.8 Å². The summed E-state index contributed by atoms with van der Waals surface area (Å²) < 4.78 is 20.7. The highest BCUT2D eigenvalue weighted by Gasteiger charge is 2.35. The van der Waals surface area contributed by atoms with Crippen LogP contribution in [-0.4, -0.2) is 122 Å². The minimum atomic E-state index is -0.571. The van der Waals surface area contributed by atoms with Crippen LogP contribution in [0, 0.1) is 30.5 Å². The quantitative estimate of drug-likeness (QED) is 0.161. The minimum absolute atomic E-state index is 0.0236. The second kappa shape index (κ2) is 17.1. The number of piperidine rings is 1. The predicted octanol–water partition coefficient (Wildman–Crippen LogP) is 7.37. The zero-order chi connectivity index (χ0) is 40.4. The molecule has 13 heteroatoms. The minimum Gasteiger partial charge on any atom is -0.444 e. The summed E-state index contributed by atoms with van der Waals surface area (Å²) >= 11 is 0. The first-order valence-electron chi connectivity index (χ1n) is 20.6. The Bertz CT molecular complexity index is 2030. The summed E-state index contributed by atoms with van der Waals surface area (Å²) in [5.74, 6) is 0.562. The van der Waals surface area contributed by atoms with Crippen LogP contribution in [0.3, 0.4) is 0 Å². The maximum absolute atomic E-state index is 15.2. The number of aromatic amines is 1. The van der Waals surface area contributed by atoms with Crippen LogP contribution in [0.1, 0.15) is 65.0 Å². The van der Waals surface area contributed by atoms with Crippen molar-refractivity contribution in [3.05, 3.63) is 65.7 Å². The molecule has 2 aromatic carbocycles. The molecule has 3 amide bonds. The number of nitrogens with zero attached hydrogens (tertiary/aromatic N) is 6. The fourth-order valence-electron chi connectivity index (χ4n) is 8.58. The maximum Gasteiger partial charge on any atom is 0.410 e. The Morgan fingerprint density at radius 2 is 1.67 bits per heavy atom. The number of ether oxygens (including phenoxy) is 1. The third-order valence-corrected chi connectivity index (χ3v) is 11.7. The highest BCUT2D eigenvalue weighted by atomic mass is 19.1. The van der Waals surface area contributed by atoms with Crippen LogP contribution in [0.4, 0.5) is 19.7 Å². The van der Waals surface area contributed by atoms with E-state index in [9.17, 15) is 14.7 Å². The van der Waals surface area contributed by atoms with Gasteiger partial charge < -0.3 is 34.8 Å². The smallest absolute Gasteiger partial charge is 0.410 e. The lowest BCUT2D eigenvalue weighted by Crippen LogP contribution is -2.49. The molecule has 0 spiro atoms. The second-order valence-corrected chi connectivity index (χ2v) is 17.8. The van der Waals surface area contributed by atoms with Crippen molar-refractivity contribution < 1.29 is 23.8 Å². The van der Waals surface area contributed by atoms with Gasteiger partial charge in [0.25, 0.3) is 0 Å². The number of likely N-dealkylation sites (tertiary alicyclic amines) is 2. The van der Waals surface area contributed by atoms with E-state index in [-0.39, 0.29) is 24.6 Å². The SMILES string of the molecule is Cc1c(NC(=O)N2CC(O)C(CC(C)C)C2)cc(F)cc1-c1ncnc2[nH]c(-c3ccc(CN4CCN(CC5CCN(C(=O)OC(C)(C)C)CC5)CC4)cc3)cc12. The van der Waals surface area contributed by atoms with Gasteiger partial charge in [-0.05, 0) is 93.7 Å². The van der Waals surface area contributed by atoms with Crippen molar-refractivity contribution in [2.24, 2.45) is 17.8 Å². The number of piperazine rings is 1. The third-order valence-electron chi connectivity index (χ3n) is 11.7. The lowest BCUT2D eigenvalue weighted by atomic mass is 9.95. The molecule has 57 heavy (non-hydrogen) atoms. The van der Waals surface area contributed by atoms with E-state index in [1.807, 2.05) is 38.7 Å². The average Bonchev–Trinajstić information content (AvgIpc) is 3.77. The molecule has 0 aliphatic carbocycles. The van der Waals surface area contributed by atoms with Gasteiger partial charge >= 0.3 is 12.1 Å². The fourth-order valence-corrected chi connectivity index (χ4v) is 8.58. The summed E-state index contributed by atoms with van der Waals surface area (Å²) in [4.78, 5) is 46.8. The Hall–Kier alpha value is -4.59. The molecule has 3 saturated heterocycles. The van der Waals surface area contributed by atoms with Crippen LogP contribution in [0.25, 0.3) is 33.5 Å². The summed E-state index contributed by atoms with van der Waals surface area (Å²) in [7, 11) is 0. The Labute approximate surface area is 335 Å². The first-order valence-corrected chi connectivity index (χ1v) is 20.6. The number of urea groups is 1. The average molecular weight is 783 g/mol. The van der Waals surface area contributed by atoms with Gasteiger partial charge in [-0.2, -0.15) is 0 Å². The Morgan fingerprint density at radius 3 is 2.35 bits per heavy atom. The fraction of sp³-hybridized carbons (Fsp3) is 0.545. The van der Waals surface area contributed by atoms with Gasteiger partial charge in [0.1, 0.15) is 23.4 Å². The van der Waals surface area contributed by atoms with E-state index in [0.29, 0.717) is 46.5 Å². The Kier molecular flexibility index (Phi) is 12.2. The van der Waals surface area contributed by atoms with Crippen molar-refractivity contribution in [1.29, 1.82) is 0 Å². The van der Waals surface area contributed by atoms with Gasteiger partial charge in [-0.3, -0.25) is 4.90 Å². The van der Waals surface area contributed by atoms with Gasteiger partial charge in [0.05, 0.1) is 11.8 Å². The van der Waals surface area contributed by atoms with Gasteiger partial charge in [0.15, 0.2) is 0 Å². The number of H-pyrrole nitrogens is 1. The number of aliphatic hydroxyl groups excluding tert-OH is 1. The number of carbonyl (C=O) groups is 2. The zero-order valence-corrected chi connectivity index (χ0v) is 34.4. The molecule has 306 valence electrons. The molecule has 12 nitrogen and oxygen atoms in total. The molecule has 4 aromatic rings. The predicted molar refractivity (Wildman–Crippen MR) is 221 cm³/mol. The van der Waals surface area contributed by atoms with Crippen LogP contribution in [0.5, 0.6) is 0 Å². The molecular weight excluding hydrogens is 724 g/mol. The number of hydrogen-bond donors (Lipinski definition) is 3. The molecule has 3 aliphatic heterocycles. The lowest BCUT2D eigenvalue weighted by molar-refractivity contribution is 0.0159. The van der Waals surface area contributed by atoms with Gasteiger partial charge in [-0.1, -0.05) is 38.1 Å². The van der Waals surface area contributed by atoms with Gasteiger partial charge in [0.2, 0.25) is 0 Å². The Balaban J connectivity index is 0.947. The van der Waals surface area contributed by atoms with Crippen LogP contribution < -0.4 is 5.32 Å². The molecule has 0 saturated carbocycles. The molecule has 3 N–H and O–H groups in total. The molecule has 0 radical (unpaired) electrons. The molecule has 3 fully saturated rings. The summed E-state index contributed by atoms with van der Waals surface area (Å²) in [5, 5.41) is 14.2. The number of amides is 3. The standard InChI is InChI=1S/C44H59FN8O4/c1-28(2)19-33-25-53(26-39(33)54)42(55)49-37-21-34(45)20-35(29(37)3)40-36-22-38(48-41(36)47-27-46-40)32-9-7-30(8-10-32)23-50-15-17-51(18-16-50)24-31-11-13-52(14-12-31)43(56)57-44(4,5)6/h7-10,20-22,27-28,31,33,39,54H,11-19,23-26H2,1-6H3,(H,49,55)(H,46,47,48). The molecule has 5 heterocycles. The maximum atomic E-state index is 15.2. The molecule has 2 unspecified atom stereocenters. The van der Waals surface area contributed by atoms with Crippen LogP contribution in [0.15, 0.2) is 48.8 Å². The van der Waals surface area contributed by atoms with Gasteiger partial charge in [0, 0.05) is 93.7 Å². The van der Waals surface area contributed by atoms with Crippen molar-refractivity contribution in [3.63, 3.8) is 0 Å². The first-order chi connectivity index (χ1) is 27.2. The monoisotopic (exact) mass is 782 g/mol. The van der Waals surface area contributed by atoms with E-state index in [0.717, 1.165) is 88.3 Å². The molecule has 2 atom stereocenters. The number of rotatable bonds is 9. The van der Waals surface area contributed by atoms with E-state index in [1.165, 1.54) is 24.0 Å². The molecule has 0 bridgehead atoms. The molecule has 2 aromatic heterocycles. The van der Waals surface area contributed by atoms with Crippen molar-refractivity contribution in [3.8, 4) is 22.5 Å². The molecule has 7 rings (SSSR count). The normalized spacial score (nSPS) is 20.2. The lowest BCUT2D eigenvalue weighted by Gasteiger charge is -2.39. The molecule has 3 aliphatic rings. The number of halogens is 1. The third kappa shape index (κ3) is 9.93. The number of benzene rings is 2. The summed E-state index contributed by atoms with van der Waals surface area (Å²) in [5.41, 5.74) is 5.53. The first kappa shape index (κ1) is 40.6. The number of aromatic nitrogens is 3.